The van der Waals surface area contributed by atoms with Gasteiger partial charge in [-0.15, -0.1) is 11.3 Å². The topological polar surface area (TPSA) is 53.4 Å². The first-order chi connectivity index (χ1) is 10.6. The predicted octanol–water partition coefficient (Wildman–Crippen LogP) is 3.39. The fraction of sp³-hybridized carbons (Fsp3) is 0.375. The van der Waals surface area contributed by atoms with Crippen LogP contribution < -0.4 is 0 Å². The molecule has 1 aromatic heterocycles. The summed E-state index contributed by atoms with van der Waals surface area (Å²) in [5, 5.41) is 12.1. The molecule has 1 N–H and O–H groups in total. The summed E-state index contributed by atoms with van der Waals surface area (Å²) >= 11 is 1.50. The Balaban J connectivity index is 1.73. The molecule has 1 aromatic carbocycles. The van der Waals surface area contributed by atoms with E-state index in [-0.39, 0.29) is 5.82 Å². The summed E-state index contributed by atoms with van der Waals surface area (Å²) in [5.41, 5.74) is 1.75. The molecule has 1 aliphatic heterocycles. The van der Waals surface area contributed by atoms with Crippen molar-refractivity contribution in [3.05, 3.63) is 41.2 Å². The maximum Gasteiger partial charge on any atom is 0.320 e. The number of halogens is 1. The molecule has 1 saturated heterocycles. The van der Waals surface area contributed by atoms with Gasteiger partial charge >= 0.3 is 5.97 Å². The lowest BCUT2D eigenvalue weighted by Crippen LogP contribution is -2.44. The molecule has 1 fully saturated rings. The molecule has 4 nitrogen and oxygen atoms in total. The number of piperidine rings is 1. The lowest BCUT2D eigenvalue weighted by Gasteiger charge is -2.32. The minimum atomic E-state index is -0.756. The van der Waals surface area contributed by atoms with E-state index >= 15 is 0 Å². The van der Waals surface area contributed by atoms with Gasteiger partial charge in [-0.2, -0.15) is 0 Å². The van der Waals surface area contributed by atoms with Crippen molar-refractivity contribution in [2.75, 3.05) is 6.54 Å². The van der Waals surface area contributed by atoms with E-state index in [1.807, 2.05) is 10.3 Å². The SMILES string of the molecule is O=C(O)C1CCCCN1Cc1csc(-c2ccc(F)cc2)n1. The van der Waals surface area contributed by atoms with E-state index < -0.39 is 12.0 Å². The molecule has 22 heavy (non-hydrogen) atoms. The van der Waals surface area contributed by atoms with Crippen LogP contribution in [0.3, 0.4) is 0 Å². The number of hydrogen-bond donors (Lipinski definition) is 1. The van der Waals surface area contributed by atoms with Gasteiger partial charge < -0.3 is 5.11 Å². The van der Waals surface area contributed by atoms with Gasteiger partial charge in [0.05, 0.1) is 5.69 Å². The zero-order chi connectivity index (χ0) is 15.5. The van der Waals surface area contributed by atoms with Gasteiger partial charge in [-0.3, -0.25) is 9.69 Å². The Labute approximate surface area is 132 Å². The standard InChI is InChI=1S/C16H17FN2O2S/c17-12-6-4-11(5-7-12)15-18-13(10-22-15)9-19-8-2-1-3-14(19)16(20)21/h4-7,10,14H,1-3,8-9H2,(H,20,21). The lowest BCUT2D eigenvalue weighted by molar-refractivity contribution is -0.144. The number of thiazole rings is 1. The number of aromatic nitrogens is 1. The van der Waals surface area contributed by atoms with Crippen LogP contribution in [0.25, 0.3) is 10.6 Å². The Morgan fingerprint density at radius 1 is 1.36 bits per heavy atom. The highest BCUT2D eigenvalue weighted by Gasteiger charge is 2.28. The quantitative estimate of drug-likeness (QED) is 0.938. The molecule has 116 valence electrons. The van der Waals surface area contributed by atoms with Crippen molar-refractivity contribution in [2.45, 2.75) is 31.8 Å². The molecule has 2 aromatic rings. The minimum absolute atomic E-state index is 0.266. The molecule has 1 unspecified atom stereocenters. The van der Waals surface area contributed by atoms with Crippen LogP contribution in [0.1, 0.15) is 25.0 Å². The number of benzene rings is 1. The Morgan fingerprint density at radius 2 is 2.14 bits per heavy atom. The van der Waals surface area contributed by atoms with Crippen molar-refractivity contribution in [2.24, 2.45) is 0 Å². The second-order valence-electron chi connectivity index (χ2n) is 5.47. The van der Waals surface area contributed by atoms with Crippen molar-refractivity contribution in [3.8, 4) is 10.6 Å². The Hall–Kier alpha value is -1.79. The highest BCUT2D eigenvalue weighted by atomic mass is 32.1. The molecule has 0 spiro atoms. The second-order valence-corrected chi connectivity index (χ2v) is 6.33. The van der Waals surface area contributed by atoms with Crippen LogP contribution in [0.15, 0.2) is 29.6 Å². The normalized spacial score (nSPS) is 19.2. The maximum absolute atomic E-state index is 13.0. The molecule has 3 rings (SSSR count). The highest BCUT2D eigenvalue weighted by molar-refractivity contribution is 7.13. The molecule has 0 radical (unpaired) electrons. The molecule has 0 amide bonds. The minimum Gasteiger partial charge on any atom is -0.480 e. The summed E-state index contributed by atoms with van der Waals surface area (Å²) in [5.74, 6) is -1.02. The Bertz CT molecular complexity index is 656. The van der Waals surface area contributed by atoms with Crippen LogP contribution in [0.2, 0.25) is 0 Å². The summed E-state index contributed by atoms with van der Waals surface area (Å²) < 4.78 is 13.0. The monoisotopic (exact) mass is 320 g/mol. The first-order valence-electron chi connectivity index (χ1n) is 7.30. The molecule has 1 atom stereocenters. The van der Waals surface area contributed by atoms with Crippen molar-refractivity contribution in [3.63, 3.8) is 0 Å². The van der Waals surface area contributed by atoms with Crippen molar-refractivity contribution < 1.29 is 14.3 Å². The van der Waals surface area contributed by atoms with E-state index in [2.05, 4.69) is 4.98 Å². The molecular formula is C16H17FN2O2S. The van der Waals surface area contributed by atoms with Crippen LogP contribution in [-0.2, 0) is 11.3 Å². The Morgan fingerprint density at radius 3 is 2.86 bits per heavy atom. The molecule has 0 aliphatic carbocycles. The maximum atomic E-state index is 13.0. The van der Waals surface area contributed by atoms with Gasteiger partial charge in [0.15, 0.2) is 0 Å². The van der Waals surface area contributed by atoms with Crippen molar-refractivity contribution >= 4 is 17.3 Å². The third kappa shape index (κ3) is 3.34. The number of nitrogens with zero attached hydrogens (tertiary/aromatic N) is 2. The summed E-state index contributed by atoms with van der Waals surface area (Å²) in [6, 6.07) is 5.84. The van der Waals surface area contributed by atoms with Crippen molar-refractivity contribution in [1.29, 1.82) is 0 Å². The van der Waals surface area contributed by atoms with Crippen molar-refractivity contribution in [1.82, 2.24) is 9.88 Å². The zero-order valence-electron chi connectivity index (χ0n) is 12.0. The van der Waals surface area contributed by atoms with E-state index in [1.165, 1.54) is 23.5 Å². The van der Waals surface area contributed by atoms with Crippen LogP contribution >= 0.6 is 11.3 Å². The number of aliphatic carboxylic acids is 1. The van der Waals surface area contributed by atoms with Crippen LogP contribution in [0.5, 0.6) is 0 Å². The number of carboxylic acid groups (broad SMARTS) is 1. The average molecular weight is 320 g/mol. The van der Waals surface area contributed by atoms with Crippen LogP contribution in [-0.4, -0.2) is 33.5 Å². The number of likely N-dealkylation sites (tertiary alicyclic amines) is 1. The van der Waals surface area contributed by atoms with Gasteiger partial charge in [-0.25, -0.2) is 9.37 Å². The van der Waals surface area contributed by atoms with E-state index in [1.54, 1.807) is 12.1 Å². The molecule has 0 saturated carbocycles. The molecule has 2 heterocycles. The van der Waals surface area contributed by atoms with E-state index in [9.17, 15) is 14.3 Å². The van der Waals surface area contributed by atoms with E-state index in [4.69, 9.17) is 0 Å². The van der Waals surface area contributed by atoms with Gasteiger partial charge in [-0.05, 0) is 43.7 Å². The van der Waals surface area contributed by atoms with Gasteiger partial charge in [0.25, 0.3) is 0 Å². The molecule has 1 aliphatic rings. The summed E-state index contributed by atoms with van der Waals surface area (Å²) in [6.45, 7) is 1.34. The first-order valence-corrected chi connectivity index (χ1v) is 8.18. The summed E-state index contributed by atoms with van der Waals surface area (Å²) in [6.07, 6.45) is 2.69. The molecule has 0 bridgehead atoms. The van der Waals surface area contributed by atoms with E-state index in [0.29, 0.717) is 13.0 Å². The average Bonchev–Trinajstić information content (AvgIpc) is 2.97. The third-order valence-corrected chi connectivity index (χ3v) is 4.85. The first kappa shape index (κ1) is 15.1. The smallest absolute Gasteiger partial charge is 0.320 e. The number of rotatable bonds is 4. The number of carbonyl (C=O) groups is 1. The fourth-order valence-electron chi connectivity index (χ4n) is 2.77. The zero-order valence-corrected chi connectivity index (χ0v) is 12.9. The Kier molecular flexibility index (Phi) is 4.49. The second kappa shape index (κ2) is 6.54. The summed E-state index contributed by atoms with van der Waals surface area (Å²) in [4.78, 5) is 17.9. The number of carboxylic acids is 1. The fourth-order valence-corrected chi connectivity index (χ4v) is 3.59. The van der Waals surface area contributed by atoms with E-state index in [0.717, 1.165) is 35.7 Å². The van der Waals surface area contributed by atoms with Gasteiger partial charge in [0.1, 0.15) is 16.9 Å². The van der Waals surface area contributed by atoms with Crippen LogP contribution in [0, 0.1) is 5.82 Å². The number of hydrogen-bond acceptors (Lipinski definition) is 4. The van der Waals surface area contributed by atoms with Crippen LogP contribution in [0.4, 0.5) is 4.39 Å². The lowest BCUT2D eigenvalue weighted by atomic mass is 10.0. The van der Waals surface area contributed by atoms with Gasteiger partial charge in [0, 0.05) is 17.5 Å². The van der Waals surface area contributed by atoms with Gasteiger partial charge in [0.2, 0.25) is 0 Å². The summed E-state index contributed by atoms with van der Waals surface area (Å²) in [7, 11) is 0. The predicted molar refractivity (Wildman–Crippen MR) is 83.2 cm³/mol. The third-order valence-electron chi connectivity index (χ3n) is 3.91. The largest absolute Gasteiger partial charge is 0.480 e. The highest BCUT2D eigenvalue weighted by Crippen LogP contribution is 2.26. The molecular weight excluding hydrogens is 303 g/mol. The molecule has 6 heteroatoms. The van der Waals surface area contributed by atoms with Gasteiger partial charge in [-0.1, -0.05) is 6.42 Å².